The van der Waals surface area contributed by atoms with E-state index < -0.39 is 81.0 Å². The number of hydrogen-bond acceptors (Lipinski definition) is 8. The van der Waals surface area contributed by atoms with Crippen molar-refractivity contribution in [2.24, 2.45) is 34.5 Å². The van der Waals surface area contributed by atoms with Crippen LogP contribution >= 0.6 is 0 Å². The highest BCUT2D eigenvalue weighted by Gasteiger charge is 2.80. The van der Waals surface area contributed by atoms with E-state index in [9.17, 15) is 39.3 Å². The first kappa shape index (κ1) is 28.0. The quantitative estimate of drug-likeness (QED) is 0.394. The third kappa shape index (κ3) is 3.07. The molecule has 8 atom stereocenters. The number of aliphatic hydroxyl groups excluding tert-OH is 1. The van der Waals surface area contributed by atoms with Gasteiger partial charge >= 0.3 is 0 Å². The van der Waals surface area contributed by atoms with Crippen molar-refractivity contribution in [3.05, 3.63) is 41.5 Å². The van der Waals surface area contributed by atoms with E-state index in [-0.39, 0.29) is 11.3 Å². The van der Waals surface area contributed by atoms with Crippen molar-refractivity contribution in [1.82, 2.24) is 0 Å². The molecule has 38 heavy (non-hydrogen) atoms. The lowest BCUT2D eigenvalue weighted by atomic mass is 9.37. The fourth-order valence-electron chi connectivity index (χ4n) is 7.86. The molecule has 4 rings (SSSR count). The van der Waals surface area contributed by atoms with Gasteiger partial charge in [-0.15, -0.1) is 6.58 Å². The third-order valence-electron chi connectivity index (χ3n) is 9.93. The molecule has 3 unspecified atom stereocenters. The number of hydrogen-bond donors (Lipinski definition) is 3. The zero-order valence-electron chi connectivity index (χ0n) is 22.7. The fourth-order valence-corrected chi connectivity index (χ4v) is 7.86. The van der Waals surface area contributed by atoms with Crippen molar-refractivity contribution >= 4 is 28.9 Å². The average Bonchev–Trinajstić information content (AvgIpc) is 2.83. The van der Waals surface area contributed by atoms with E-state index in [1.165, 1.54) is 6.92 Å². The second-order valence-electron chi connectivity index (χ2n) is 12.0. The molecule has 0 heterocycles. The average molecular weight is 525 g/mol. The predicted octanol–water partition coefficient (Wildman–Crippen LogP) is 2.74. The van der Waals surface area contributed by atoms with Crippen molar-refractivity contribution < 1.29 is 39.3 Å². The lowest BCUT2D eigenvalue weighted by molar-refractivity contribution is -0.240. The summed E-state index contributed by atoms with van der Waals surface area (Å²) in [5.41, 5.74) is -5.63. The predicted molar refractivity (Wildman–Crippen MR) is 138 cm³/mol. The first-order valence-electron chi connectivity index (χ1n) is 13.1. The molecule has 0 radical (unpaired) electrons. The van der Waals surface area contributed by atoms with Crippen LogP contribution in [-0.2, 0) is 25.6 Å². The fraction of sp³-hybridized carbons (Fsp3) is 0.567. The van der Waals surface area contributed by atoms with Crippen LogP contribution in [0.3, 0.4) is 0 Å². The maximum atomic E-state index is 14.3. The summed E-state index contributed by atoms with van der Waals surface area (Å²) in [7, 11) is 0. The molecule has 3 aliphatic carbocycles. The summed E-state index contributed by atoms with van der Waals surface area (Å²) in [6.45, 7) is 12.7. The van der Waals surface area contributed by atoms with Gasteiger partial charge in [0.15, 0.2) is 28.7 Å². The lowest BCUT2D eigenvalue weighted by Gasteiger charge is -2.65. The second-order valence-corrected chi connectivity index (χ2v) is 12.0. The van der Waals surface area contributed by atoms with Crippen LogP contribution in [0.4, 0.5) is 0 Å². The number of rotatable bonds is 5. The largest absolute Gasteiger partial charge is 0.507 e. The Morgan fingerprint density at radius 3 is 2.26 bits per heavy atom. The standard InChI is InChI=1S/C30H36O8/c1-8-9-10-16-11-12-17-14(4)28(6)21(24(34)19(17)22(16)32)26(36)30(38)25(35)18(15(5)31)23(33)20(13(2)3)29(30,7)27(28)37/h8,11-14,18,20-21,27,32,37-38H,1,9-10H2,2-7H3/t14-,18?,20?,21?,27-,28+,29+,30+/m1/s1. The zero-order chi connectivity index (χ0) is 28.7. The summed E-state index contributed by atoms with van der Waals surface area (Å²) < 4.78 is 0. The van der Waals surface area contributed by atoms with Gasteiger partial charge in [-0.2, -0.15) is 0 Å². The molecule has 8 nitrogen and oxygen atoms in total. The molecule has 0 aliphatic heterocycles. The molecular weight excluding hydrogens is 488 g/mol. The van der Waals surface area contributed by atoms with Crippen LogP contribution in [-0.4, -0.2) is 55.9 Å². The number of aryl methyl sites for hydroxylation is 1. The first-order chi connectivity index (χ1) is 17.6. The van der Waals surface area contributed by atoms with E-state index in [0.29, 0.717) is 24.0 Å². The van der Waals surface area contributed by atoms with E-state index in [1.54, 1.807) is 45.9 Å². The summed E-state index contributed by atoms with van der Waals surface area (Å²) in [6.07, 6.45) is 0.954. The number of carbonyl (C=O) groups is 5. The molecule has 3 N–H and O–H groups in total. The topological polar surface area (TPSA) is 146 Å². The van der Waals surface area contributed by atoms with Gasteiger partial charge in [0.05, 0.1) is 17.6 Å². The Morgan fingerprint density at radius 2 is 1.74 bits per heavy atom. The van der Waals surface area contributed by atoms with Gasteiger partial charge in [0.25, 0.3) is 0 Å². The number of allylic oxidation sites excluding steroid dienone is 1. The van der Waals surface area contributed by atoms with E-state index in [4.69, 9.17) is 0 Å². The van der Waals surface area contributed by atoms with Crippen molar-refractivity contribution in [1.29, 1.82) is 0 Å². The monoisotopic (exact) mass is 524 g/mol. The summed E-state index contributed by atoms with van der Waals surface area (Å²) in [5, 5.41) is 35.3. The van der Waals surface area contributed by atoms with Crippen LogP contribution in [0.2, 0.25) is 0 Å². The first-order valence-corrected chi connectivity index (χ1v) is 13.1. The number of aliphatic hydroxyl groups is 2. The summed E-state index contributed by atoms with van der Waals surface area (Å²) in [5.74, 6) is -11.1. The Balaban J connectivity index is 2.03. The van der Waals surface area contributed by atoms with Crippen molar-refractivity contribution in [3.8, 4) is 5.75 Å². The van der Waals surface area contributed by atoms with Crippen molar-refractivity contribution in [2.45, 2.75) is 72.0 Å². The van der Waals surface area contributed by atoms with E-state index in [1.807, 2.05) is 0 Å². The van der Waals surface area contributed by atoms with Gasteiger partial charge in [0.2, 0.25) is 0 Å². The molecule has 0 bridgehead atoms. The smallest absolute Gasteiger partial charge is 0.191 e. The molecule has 204 valence electrons. The summed E-state index contributed by atoms with van der Waals surface area (Å²) in [4.78, 5) is 68.1. The van der Waals surface area contributed by atoms with Gasteiger partial charge in [-0.3, -0.25) is 24.0 Å². The number of ketones is 5. The Kier molecular flexibility index (Phi) is 6.48. The van der Waals surface area contributed by atoms with Gasteiger partial charge in [-0.1, -0.05) is 52.8 Å². The van der Waals surface area contributed by atoms with Gasteiger partial charge in [-0.25, -0.2) is 0 Å². The normalized spacial score (nSPS) is 38.5. The van der Waals surface area contributed by atoms with Crippen LogP contribution in [0.1, 0.15) is 75.4 Å². The molecule has 1 aromatic carbocycles. The minimum atomic E-state index is -2.96. The van der Waals surface area contributed by atoms with E-state index in [2.05, 4.69) is 6.58 Å². The van der Waals surface area contributed by atoms with Crippen LogP contribution in [0.25, 0.3) is 0 Å². The summed E-state index contributed by atoms with van der Waals surface area (Å²) in [6, 6.07) is 3.39. The Morgan fingerprint density at radius 1 is 1.13 bits per heavy atom. The minimum Gasteiger partial charge on any atom is -0.507 e. The van der Waals surface area contributed by atoms with E-state index in [0.717, 1.165) is 6.92 Å². The Hall–Kier alpha value is -2.97. The number of carbonyl (C=O) groups excluding carboxylic acids is 5. The molecule has 1 aromatic rings. The van der Waals surface area contributed by atoms with E-state index >= 15 is 0 Å². The molecule has 0 spiro atoms. The molecule has 2 saturated carbocycles. The molecule has 2 fully saturated rings. The second kappa shape index (κ2) is 8.78. The molecule has 3 aliphatic rings. The highest BCUT2D eigenvalue weighted by molar-refractivity contribution is 6.32. The highest BCUT2D eigenvalue weighted by Crippen LogP contribution is 2.66. The molecule has 0 amide bonds. The molecule has 0 aromatic heterocycles. The third-order valence-corrected chi connectivity index (χ3v) is 9.93. The van der Waals surface area contributed by atoms with Crippen LogP contribution in [0.5, 0.6) is 5.75 Å². The zero-order valence-corrected chi connectivity index (χ0v) is 22.7. The van der Waals surface area contributed by atoms with Gasteiger partial charge in [-0.05, 0) is 42.7 Å². The van der Waals surface area contributed by atoms with Crippen molar-refractivity contribution in [3.63, 3.8) is 0 Å². The molecule has 8 heteroatoms. The minimum absolute atomic E-state index is 0.0721. The number of benzene rings is 1. The Bertz CT molecular complexity index is 1290. The van der Waals surface area contributed by atoms with Crippen molar-refractivity contribution in [2.75, 3.05) is 0 Å². The Labute approximate surface area is 222 Å². The van der Waals surface area contributed by atoms with Crippen LogP contribution in [0.15, 0.2) is 24.8 Å². The highest BCUT2D eigenvalue weighted by atomic mass is 16.3. The number of phenolic OH excluding ortho intramolecular Hbond substituents is 1. The number of phenols is 1. The van der Waals surface area contributed by atoms with Gasteiger partial charge in [0, 0.05) is 16.7 Å². The van der Waals surface area contributed by atoms with Gasteiger partial charge in [0.1, 0.15) is 17.5 Å². The van der Waals surface area contributed by atoms with Crippen LogP contribution < -0.4 is 0 Å². The van der Waals surface area contributed by atoms with Crippen LogP contribution in [0, 0.1) is 34.5 Å². The maximum Gasteiger partial charge on any atom is 0.191 e. The number of aromatic hydroxyl groups is 1. The lowest BCUT2D eigenvalue weighted by Crippen LogP contribution is -2.81. The SMILES string of the molecule is C=CCCc1ccc2c(c1O)C(=O)C1C(=O)[C@@]3(O)C(=O)C(C(C)=O)C(=O)C(C(C)C)[C@@]3(C)[C@H](O)[C@@]1(C)[C@@H]2C. The molecule has 0 saturated heterocycles. The number of fused-ring (bicyclic) bond motifs is 3. The molecular formula is C30H36O8. The number of Topliss-reactive ketones (excluding diaryl/α,β-unsaturated/α-hetero) is 5. The maximum absolute atomic E-state index is 14.3. The van der Waals surface area contributed by atoms with Gasteiger partial charge < -0.3 is 15.3 Å². The summed E-state index contributed by atoms with van der Waals surface area (Å²) >= 11 is 0.